The molecular formula is C15H25N3O2. The molecule has 20 heavy (non-hydrogen) atoms. The van der Waals surface area contributed by atoms with E-state index in [1.54, 1.807) is 6.07 Å². The van der Waals surface area contributed by atoms with Gasteiger partial charge in [0, 0.05) is 17.3 Å². The lowest BCUT2D eigenvalue weighted by molar-refractivity contribution is -0.120. The van der Waals surface area contributed by atoms with Crippen molar-refractivity contribution in [2.75, 3.05) is 24.2 Å². The van der Waals surface area contributed by atoms with E-state index in [1.165, 1.54) is 0 Å². The van der Waals surface area contributed by atoms with Crippen molar-refractivity contribution in [3.05, 3.63) is 18.2 Å². The van der Waals surface area contributed by atoms with Gasteiger partial charge in [-0.05, 0) is 39.3 Å². The topological polar surface area (TPSA) is 76.4 Å². The van der Waals surface area contributed by atoms with Crippen LogP contribution in [-0.2, 0) is 4.79 Å². The van der Waals surface area contributed by atoms with Gasteiger partial charge in [-0.15, -0.1) is 0 Å². The Morgan fingerprint density at radius 3 is 2.65 bits per heavy atom. The van der Waals surface area contributed by atoms with E-state index >= 15 is 0 Å². The number of anilines is 2. The normalized spacial score (nSPS) is 11.0. The van der Waals surface area contributed by atoms with Crippen molar-refractivity contribution in [3.63, 3.8) is 0 Å². The summed E-state index contributed by atoms with van der Waals surface area (Å²) in [5, 5.41) is 5.96. The number of ether oxygens (including phenoxy) is 1. The number of hydrogen-bond acceptors (Lipinski definition) is 4. The third-order valence-corrected chi connectivity index (χ3v) is 2.44. The Kier molecular flexibility index (Phi) is 5.67. The van der Waals surface area contributed by atoms with Crippen LogP contribution >= 0.6 is 0 Å². The SMILES string of the molecule is CCCOc1cc(NCC(=O)NC(C)(C)C)ccc1N. The predicted molar refractivity (Wildman–Crippen MR) is 83.0 cm³/mol. The van der Waals surface area contributed by atoms with Crippen LogP contribution in [0.25, 0.3) is 0 Å². The molecule has 0 saturated heterocycles. The summed E-state index contributed by atoms with van der Waals surface area (Å²) in [4.78, 5) is 11.7. The average Bonchev–Trinajstić information content (AvgIpc) is 2.34. The maximum Gasteiger partial charge on any atom is 0.239 e. The molecule has 5 nitrogen and oxygen atoms in total. The van der Waals surface area contributed by atoms with Gasteiger partial charge in [-0.2, -0.15) is 0 Å². The first-order valence-corrected chi connectivity index (χ1v) is 6.89. The van der Waals surface area contributed by atoms with Crippen LogP contribution < -0.4 is 21.1 Å². The van der Waals surface area contributed by atoms with Crippen LogP contribution in [-0.4, -0.2) is 24.6 Å². The molecule has 0 radical (unpaired) electrons. The zero-order valence-electron chi connectivity index (χ0n) is 12.7. The summed E-state index contributed by atoms with van der Waals surface area (Å²) in [5.41, 5.74) is 7.02. The van der Waals surface area contributed by atoms with Gasteiger partial charge in [-0.3, -0.25) is 4.79 Å². The van der Waals surface area contributed by atoms with Gasteiger partial charge in [0.25, 0.3) is 0 Å². The molecule has 5 heteroatoms. The van der Waals surface area contributed by atoms with Gasteiger partial charge in [0.1, 0.15) is 5.75 Å². The second-order valence-electron chi connectivity index (χ2n) is 5.75. The molecule has 1 amide bonds. The quantitative estimate of drug-likeness (QED) is 0.699. The molecular weight excluding hydrogens is 254 g/mol. The van der Waals surface area contributed by atoms with E-state index in [9.17, 15) is 4.79 Å². The highest BCUT2D eigenvalue weighted by Crippen LogP contribution is 2.25. The van der Waals surface area contributed by atoms with Crippen molar-refractivity contribution in [1.82, 2.24) is 5.32 Å². The summed E-state index contributed by atoms with van der Waals surface area (Å²) in [7, 11) is 0. The smallest absolute Gasteiger partial charge is 0.239 e. The van der Waals surface area contributed by atoms with Gasteiger partial charge in [-0.25, -0.2) is 0 Å². The molecule has 0 heterocycles. The molecule has 4 N–H and O–H groups in total. The average molecular weight is 279 g/mol. The van der Waals surface area contributed by atoms with Crippen molar-refractivity contribution >= 4 is 17.3 Å². The number of carbonyl (C=O) groups excluding carboxylic acids is 1. The highest BCUT2D eigenvalue weighted by Gasteiger charge is 2.13. The lowest BCUT2D eigenvalue weighted by atomic mass is 10.1. The number of rotatable bonds is 6. The van der Waals surface area contributed by atoms with Crippen molar-refractivity contribution in [1.29, 1.82) is 0 Å². The highest BCUT2D eigenvalue weighted by molar-refractivity contribution is 5.81. The molecule has 112 valence electrons. The zero-order valence-corrected chi connectivity index (χ0v) is 12.7. The highest BCUT2D eigenvalue weighted by atomic mass is 16.5. The Labute approximate surface area is 120 Å². The molecule has 0 spiro atoms. The molecule has 0 fully saturated rings. The molecule has 0 atom stereocenters. The molecule has 0 aliphatic rings. The predicted octanol–water partition coefficient (Wildman–Crippen LogP) is 2.38. The fraction of sp³-hybridized carbons (Fsp3) is 0.533. The first-order valence-electron chi connectivity index (χ1n) is 6.89. The second kappa shape index (κ2) is 7.03. The fourth-order valence-corrected chi connectivity index (χ4v) is 1.63. The molecule has 0 bridgehead atoms. The Bertz CT molecular complexity index is 453. The summed E-state index contributed by atoms with van der Waals surface area (Å²) in [6.45, 7) is 8.72. The van der Waals surface area contributed by atoms with Crippen LogP contribution in [0.3, 0.4) is 0 Å². The van der Waals surface area contributed by atoms with Crippen molar-refractivity contribution < 1.29 is 9.53 Å². The molecule has 0 aromatic heterocycles. The number of benzene rings is 1. The maximum atomic E-state index is 11.7. The van der Waals surface area contributed by atoms with E-state index in [4.69, 9.17) is 10.5 Å². The van der Waals surface area contributed by atoms with Gasteiger partial charge < -0.3 is 21.1 Å². The summed E-state index contributed by atoms with van der Waals surface area (Å²) in [6, 6.07) is 5.42. The summed E-state index contributed by atoms with van der Waals surface area (Å²) < 4.78 is 5.55. The number of carbonyl (C=O) groups is 1. The van der Waals surface area contributed by atoms with Crippen LogP contribution in [0.4, 0.5) is 11.4 Å². The molecule has 1 rings (SSSR count). The van der Waals surface area contributed by atoms with Crippen molar-refractivity contribution in [2.45, 2.75) is 39.7 Å². The lowest BCUT2D eigenvalue weighted by Crippen LogP contribution is -2.43. The van der Waals surface area contributed by atoms with Crippen LogP contribution in [0.5, 0.6) is 5.75 Å². The van der Waals surface area contributed by atoms with E-state index in [2.05, 4.69) is 10.6 Å². The van der Waals surface area contributed by atoms with Crippen molar-refractivity contribution in [3.8, 4) is 5.75 Å². The Hall–Kier alpha value is -1.91. The van der Waals surface area contributed by atoms with Crippen LogP contribution in [0.15, 0.2) is 18.2 Å². The molecule has 0 saturated carbocycles. The molecule has 0 unspecified atom stereocenters. The summed E-state index contributed by atoms with van der Waals surface area (Å²) in [5.74, 6) is 0.596. The minimum atomic E-state index is -0.227. The van der Waals surface area contributed by atoms with E-state index in [0.717, 1.165) is 12.1 Å². The molecule has 1 aromatic rings. The van der Waals surface area contributed by atoms with Gasteiger partial charge in [0.15, 0.2) is 0 Å². The number of amides is 1. The third-order valence-electron chi connectivity index (χ3n) is 2.44. The van der Waals surface area contributed by atoms with Crippen LogP contribution in [0.1, 0.15) is 34.1 Å². The first kappa shape index (κ1) is 16.1. The van der Waals surface area contributed by atoms with Gasteiger partial charge in [0.2, 0.25) is 5.91 Å². The number of nitrogens with two attached hydrogens (primary N) is 1. The minimum Gasteiger partial charge on any atom is -0.491 e. The van der Waals surface area contributed by atoms with Gasteiger partial charge in [-0.1, -0.05) is 6.92 Å². The summed E-state index contributed by atoms with van der Waals surface area (Å²) >= 11 is 0. The third kappa shape index (κ3) is 5.82. The van der Waals surface area contributed by atoms with Gasteiger partial charge >= 0.3 is 0 Å². The fourth-order valence-electron chi connectivity index (χ4n) is 1.63. The monoisotopic (exact) mass is 279 g/mol. The number of nitrogens with one attached hydrogen (secondary N) is 2. The lowest BCUT2D eigenvalue weighted by Gasteiger charge is -2.20. The van der Waals surface area contributed by atoms with E-state index in [1.807, 2.05) is 39.8 Å². The minimum absolute atomic E-state index is 0.0506. The van der Waals surface area contributed by atoms with Crippen molar-refractivity contribution in [2.24, 2.45) is 0 Å². The van der Waals surface area contributed by atoms with Crippen LogP contribution in [0.2, 0.25) is 0 Å². The van der Waals surface area contributed by atoms with Crippen LogP contribution in [0, 0.1) is 0 Å². The zero-order chi connectivity index (χ0) is 15.2. The molecule has 0 aliphatic carbocycles. The Balaban J connectivity index is 2.58. The Morgan fingerprint density at radius 1 is 1.35 bits per heavy atom. The van der Waals surface area contributed by atoms with Gasteiger partial charge in [0.05, 0.1) is 18.8 Å². The second-order valence-corrected chi connectivity index (χ2v) is 5.75. The van der Waals surface area contributed by atoms with E-state index in [0.29, 0.717) is 18.0 Å². The number of nitrogen functional groups attached to an aromatic ring is 1. The number of hydrogen-bond donors (Lipinski definition) is 3. The standard InChI is InChI=1S/C15H25N3O2/c1-5-8-20-13-9-11(6-7-12(13)16)17-10-14(19)18-15(2,3)4/h6-7,9,17H,5,8,10,16H2,1-4H3,(H,18,19). The first-order chi connectivity index (χ1) is 9.31. The maximum absolute atomic E-state index is 11.7. The largest absolute Gasteiger partial charge is 0.491 e. The molecule has 1 aromatic carbocycles. The van der Waals surface area contributed by atoms with E-state index < -0.39 is 0 Å². The molecule has 0 aliphatic heterocycles. The van der Waals surface area contributed by atoms with E-state index in [-0.39, 0.29) is 18.0 Å². The Morgan fingerprint density at radius 2 is 2.05 bits per heavy atom. The summed E-state index contributed by atoms with van der Waals surface area (Å²) in [6.07, 6.45) is 0.922.